The normalized spacial score (nSPS) is 11.4. The Morgan fingerprint density at radius 3 is 2.44 bits per heavy atom. The molecule has 7 nitrogen and oxygen atoms in total. The standard InChI is InChI=1S/C24H24ClN5O2/c1-14-13-26-22(27-14)18-10-9-17(11-20(18)32-4)28-23-29-19(12-21(30-23)24(2,3)31)15-5-7-16(25)8-6-15/h5-13,31H,1-4H3,(H,26,27)(H,28,29,30). The molecule has 3 N–H and O–H groups in total. The van der Waals surface area contributed by atoms with Gasteiger partial charge < -0.3 is 20.1 Å². The number of hydrogen-bond acceptors (Lipinski definition) is 6. The Hall–Kier alpha value is -3.42. The van der Waals surface area contributed by atoms with Gasteiger partial charge in [-0.15, -0.1) is 0 Å². The lowest BCUT2D eigenvalue weighted by Gasteiger charge is -2.19. The van der Waals surface area contributed by atoms with Crippen molar-refractivity contribution in [3.05, 3.63) is 71.1 Å². The molecule has 8 heteroatoms. The predicted molar refractivity (Wildman–Crippen MR) is 126 cm³/mol. The van der Waals surface area contributed by atoms with Crippen molar-refractivity contribution in [2.75, 3.05) is 12.4 Å². The zero-order chi connectivity index (χ0) is 22.9. The van der Waals surface area contributed by atoms with Gasteiger partial charge in [-0.3, -0.25) is 0 Å². The summed E-state index contributed by atoms with van der Waals surface area (Å²) in [6, 6.07) is 14.8. The number of anilines is 2. The van der Waals surface area contributed by atoms with Gasteiger partial charge in [0.15, 0.2) is 0 Å². The van der Waals surface area contributed by atoms with Gasteiger partial charge in [-0.05, 0) is 51.1 Å². The number of imidazole rings is 1. The van der Waals surface area contributed by atoms with Crippen molar-refractivity contribution < 1.29 is 9.84 Å². The summed E-state index contributed by atoms with van der Waals surface area (Å²) in [7, 11) is 1.61. The monoisotopic (exact) mass is 449 g/mol. The van der Waals surface area contributed by atoms with E-state index in [-0.39, 0.29) is 0 Å². The summed E-state index contributed by atoms with van der Waals surface area (Å²) in [5, 5.41) is 14.4. The molecule has 0 saturated heterocycles. The van der Waals surface area contributed by atoms with Crippen LogP contribution in [0.3, 0.4) is 0 Å². The molecule has 0 atom stereocenters. The van der Waals surface area contributed by atoms with Crippen molar-refractivity contribution in [3.63, 3.8) is 0 Å². The van der Waals surface area contributed by atoms with Gasteiger partial charge >= 0.3 is 0 Å². The number of methoxy groups -OCH3 is 1. The number of aliphatic hydroxyl groups is 1. The van der Waals surface area contributed by atoms with E-state index in [2.05, 4.69) is 25.3 Å². The summed E-state index contributed by atoms with van der Waals surface area (Å²) < 4.78 is 5.58. The summed E-state index contributed by atoms with van der Waals surface area (Å²) in [5.41, 5.74) is 3.45. The first kappa shape index (κ1) is 21.8. The summed E-state index contributed by atoms with van der Waals surface area (Å²) in [6.07, 6.45) is 1.77. The van der Waals surface area contributed by atoms with E-state index < -0.39 is 5.60 Å². The molecule has 0 spiro atoms. The molecule has 0 aliphatic rings. The maximum absolute atomic E-state index is 10.6. The largest absolute Gasteiger partial charge is 0.496 e. The van der Waals surface area contributed by atoms with E-state index in [0.717, 1.165) is 28.3 Å². The number of aromatic amines is 1. The first-order chi connectivity index (χ1) is 15.2. The third kappa shape index (κ3) is 4.74. The minimum Gasteiger partial charge on any atom is -0.496 e. The van der Waals surface area contributed by atoms with Gasteiger partial charge in [0, 0.05) is 34.2 Å². The van der Waals surface area contributed by atoms with Gasteiger partial charge in [0.1, 0.15) is 17.2 Å². The molecule has 32 heavy (non-hydrogen) atoms. The number of nitrogens with zero attached hydrogens (tertiary/aromatic N) is 3. The van der Waals surface area contributed by atoms with Crippen LogP contribution in [-0.2, 0) is 5.60 Å². The highest BCUT2D eigenvalue weighted by atomic mass is 35.5. The van der Waals surface area contributed by atoms with Gasteiger partial charge in [0.05, 0.1) is 24.1 Å². The van der Waals surface area contributed by atoms with Crippen molar-refractivity contribution in [3.8, 4) is 28.4 Å². The van der Waals surface area contributed by atoms with Crippen LogP contribution in [0.25, 0.3) is 22.6 Å². The maximum Gasteiger partial charge on any atom is 0.228 e. The first-order valence-electron chi connectivity index (χ1n) is 10.1. The van der Waals surface area contributed by atoms with Crippen LogP contribution in [0.15, 0.2) is 54.7 Å². The molecule has 0 saturated carbocycles. The van der Waals surface area contributed by atoms with Gasteiger partial charge in [-0.25, -0.2) is 15.0 Å². The first-order valence-corrected chi connectivity index (χ1v) is 10.5. The molecule has 0 aliphatic carbocycles. The van der Waals surface area contributed by atoms with Crippen LogP contribution >= 0.6 is 11.6 Å². The van der Waals surface area contributed by atoms with E-state index in [0.29, 0.717) is 28.1 Å². The fourth-order valence-corrected chi connectivity index (χ4v) is 3.35. The highest BCUT2D eigenvalue weighted by Crippen LogP contribution is 2.32. The number of halogens is 1. The molecular weight excluding hydrogens is 426 g/mol. The highest BCUT2D eigenvalue weighted by Gasteiger charge is 2.21. The van der Waals surface area contributed by atoms with Crippen molar-refractivity contribution in [1.29, 1.82) is 0 Å². The van der Waals surface area contributed by atoms with Crippen LogP contribution in [0.4, 0.5) is 11.6 Å². The molecule has 0 fully saturated rings. The van der Waals surface area contributed by atoms with E-state index in [1.165, 1.54) is 0 Å². The van der Waals surface area contributed by atoms with Crippen molar-refractivity contribution in [1.82, 2.24) is 19.9 Å². The lowest BCUT2D eigenvalue weighted by Crippen LogP contribution is -2.19. The molecule has 0 unspecified atom stereocenters. The smallest absolute Gasteiger partial charge is 0.228 e. The number of ether oxygens (including phenoxy) is 1. The number of aromatic nitrogens is 4. The maximum atomic E-state index is 10.6. The Morgan fingerprint density at radius 2 is 1.81 bits per heavy atom. The summed E-state index contributed by atoms with van der Waals surface area (Å²) >= 11 is 6.02. The number of hydrogen-bond donors (Lipinski definition) is 3. The second-order valence-corrected chi connectivity index (χ2v) is 8.42. The Morgan fingerprint density at radius 1 is 1.06 bits per heavy atom. The van der Waals surface area contributed by atoms with Crippen molar-refractivity contribution >= 4 is 23.2 Å². The predicted octanol–water partition coefficient (Wildman–Crippen LogP) is 5.48. The van der Waals surface area contributed by atoms with E-state index in [1.54, 1.807) is 45.4 Å². The van der Waals surface area contributed by atoms with Crippen LogP contribution in [0.1, 0.15) is 25.2 Å². The molecule has 2 aromatic heterocycles. The van der Waals surface area contributed by atoms with Crippen LogP contribution in [0.2, 0.25) is 5.02 Å². The van der Waals surface area contributed by atoms with Crippen LogP contribution in [-0.4, -0.2) is 32.2 Å². The van der Waals surface area contributed by atoms with Gasteiger partial charge in [0.2, 0.25) is 5.95 Å². The van der Waals surface area contributed by atoms with Crippen LogP contribution in [0.5, 0.6) is 5.75 Å². The van der Waals surface area contributed by atoms with Crippen molar-refractivity contribution in [2.45, 2.75) is 26.4 Å². The summed E-state index contributed by atoms with van der Waals surface area (Å²) in [4.78, 5) is 16.8. The Bertz CT molecular complexity index is 1250. The molecular formula is C24H24ClN5O2. The molecule has 2 heterocycles. The quantitative estimate of drug-likeness (QED) is 0.361. The molecule has 0 radical (unpaired) electrons. The zero-order valence-electron chi connectivity index (χ0n) is 18.3. The topological polar surface area (TPSA) is 95.9 Å². The van der Waals surface area contributed by atoms with E-state index in [4.69, 9.17) is 16.3 Å². The number of rotatable bonds is 6. The van der Waals surface area contributed by atoms with E-state index in [9.17, 15) is 5.11 Å². The second kappa shape index (κ2) is 8.61. The highest BCUT2D eigenvalue weighted by molar-refractivity contribution is 6.30. The number of aryl methyl sites for hydroxylation is 1. The van der Waals surface area contributed by atoms with Crippen LogP contribution < -0.4 is 10.1 Å². The number of benzene rings is 2. The molecule has 0 amide bonds. The minimum atomic E-state index is -1.14. The summed E-state index contributed by atoms with van der Waals surface area (Å²) in [5.74, 6) is 1.75. The second-order valence-electron chi connectivity index (χ2n) is 7.98. The molecule has 0 bridgehead atoms. The van der Waals surface area contributed by atoms with Gasteiger partial charge in [0.25, 0.3) is 0 Å². The van der Waals surface area contributed by atoms with E-state index >= 15 is 0 Å². The average Bonchev–Trinajstić information content (AvgIpc) is 3.19. The molecule has 0 aliphatic heterocycles. The van der Waals surface area contributed by atoms with Gasteiger partial charge in [-0.1, -0.05) is 23.7 Å². The fourth-order valence-electron chi connectivity index (χ4n) is 3.23. The SMILES string of the molecule is COc1cc(Nc2nc(-c3ccc(Cl)cc3)cc(C(C)(C)O)n2)ccc1-c1ncc(C)[nH]1. The Kier molecular flexibility index (Phi) is 5.86. The minimum absolute atomic E-state index is 0.359. The fraction of sp³-hybridized carbons (Fsp3) is 0.208. The summed E-state index contributed by atoms with van der Waals surface area (Å²) in [6.45, 7) is 5.33. The third-order valence-corrected chi connectivity index (χ3v) is 5.16. The zero-order valence-corrected chi connectivity index (χ0v) is 19.0. The number of H-pyrrole nitrogens is 1. The average molecular weight is 450 g/mol. The molecule has 2 aromatic carbocycles. The molecule has 164 valence electrons. The lowest BCUT2D eigenvalue weighted by molar-refractivity contribution is 0.0739. The Labute approximate surface area is 191 Å². The molecule has 4 aromatic rings. The van der Waals surface area contributed by atoms with Crippen molar-refractivity contribution in [2.24, 2.45) is 0 Å². The van der Waals surface area contributed by atoms with Gasteiger partial charge in [-0.2, -0.15) is 0 Å². The number of nitrogens with one attached hydrogen (secondary N) is 2. The van der Waals surface area contributed by atoms with E-state index in [1.807, 2.05) is 37.3 Å². The van der Waals surface area contributed by atoms with Crippen LogP contribution in [0, 0.1) is 6.92 Å². The third-order valence-electron chi connectivity index (χ3n) is 4.91. The Balaban J connectivity index is 1.72. The lowest BCUT2D eigenvalue weighted by atomic mass is 10.0. The molecule has 4 rings (SSSR count).